The van der Waals surface area contributed by atoms with Crippen LogP contribution >= 0.6 is 0 Å². The summed E-state index contributed by atoms with van der Waals surface area (Å²) in [6, 6.07) is 13.7. The molecule has 2 rings (SSSR count). The van der Waals surface area contributed by atoms with Gasteiger partial charge in [0, 0.05) is 39.5 Å². The molecule has 0 atom stereocenters. The van der Waals surface area contributed by atoms with Crippen LogP contribution in [0.1, 0.15) is 12.5 Å². The van der Waals surface area contributed by atoms with Crippen molar-refractivity contribution in [1.82, 2.24) is 0 Å². The van der Waals surface area contributed by atoms with E-state index in [0.29, 0.717) is 11.3 Å². The van der Waals surface area contributed by atoms with Gasteiger partial charge in [0.1, 0.15) is 17.2 Å². The summed E-state index contributed by atoms with van der Waals surface area (Å²) in [4.78, 5) is 4.10. The molecule has 0 aliphatic rings. The third kappa shape index (κ3) is 10.6. The Morgan fingerprint density at radius 1 is 0.957 bits per heavy atom. The van der Waals surface area contributed by atoms with Crippen LogP contribution in [0, 0.1) is 0 Å². The molecule has 0 unspecified atom stereocenters. The zero-order valence-corrected chi connectivity index (χ0v) is 14.4. The maximum atomic E-state index is 9.50. The summed E-state index contributed by atoms with van der Waals surface area (Å²) in [5.41, 5.74) is 1.09. The van der Waals surface area contributed by atoms with E-state index in [1.165, 1.54) is 6.21 Å². The van der Waals surface area contributed by atoms with Gasteiger partial charge in [-0.05, 0) is 31.2 Å². The second kappa shape index (κ2) is 15.1. The van der Waals surface area contributed by atoms with Crippen LogP contribution in [0.2, 0.25) is 0 Å². The van der Waals surface area contributed by atoms with E-state index >= 15 is 0 Å². The summed E-state index contributed by atoms with van der Waals surface area (Å²) in [5, 5.41) is 42.1. The summed E-state index contributed by atoms with van der Waals surface area (Å²) in [5.74, 6) is 0.288. The summed E-state index contributed by atoms with van der Waals surface area (Å²) in [6.45, 7) is 1.93. The van der Waals surface area contributed by atoms with Crippen molar-refractivity contribution < 1.29 is 51.9 Å². The van der Waals surface area contributed by atoms with E-state index in [4.69, 9.17) is 15.6 Å². The number of nitrogens with zero attached hydrogens (tertiary/aromatic N) is 1. The molecule has 0 aliphatic heterocycles. The number of aliphatic hydroxyl groups excluding tert-OH is 1. The van der Waals surface area contributed by atoms with Crippen LogP contribution < -0.4 is 0 Å². The van der Waals surface area contributed by atoms with Crippen LogP contribution in [0.15, 0.2) is 53.5 Å². The predicted molar refractivity (Wildman–Crippen MR) is 82.6 cm³/mol. The van der Waals surface area contributed by atoms with Gasteiger partial charge in [-0.15, -0.1) is 0 Å². The Labute approximate surface area is 148 Å². The Morgan fingerprint density at radius 3 is 1.87 bits per heavy atom. The zero-order chi connectivity index (χ0) is 16.8. The molecule has 5 N–H and O–H groups in total. The Morgan fingerprint density at radius 2 is 1.39 bits per heavy atom. The topological polar surface area (TPSA) is 123 Å². The van der Waals surface area contributed by atoms with Gasteiger partial charge in [0.05, 0.1) is 0 Å². The van der Waals surface area contributed by atoms with E-state index in [-0.39, 0.29) is 39.2 Å². The van der Waals surface area contributed by atoms with Crippen molar-refractivity contribution in [3.05, 3.63) is 54.1 Å². The van der Waals surface area contributed by atoms with Crippen molar-refractivity contribution in [3.8, 4) is 11.5 Å². The zero-order valence-electron chi connectivity index (χ0n) is 12.4. The third-order valence-corrected chi connectivity index (χ3v) is 2.16. The molecule has 2 aromatic rings. The van der Waals surface area contributed by atoms with Crippen LogP contribution in [0.25, 0.3) is 0 Å². The fraction of sp³-hybridized carbons (Fsp3) is 0.133. The molecular formula is C15H19MoNO6. The molecule has 0 spiro atoms. The van der Waals surface area contributed by atoms with Gasteiger partial charge in [-0.3, -0.25) is 4.99 Å². The average molecular weight is 405 g/mol. The van der Waals surface area contributed by atoms with Gasteiger partial charge in [-0.25, -0.2) is 10.5 Å². The van der Waals surface area contributed by atoms with Crippen LogP contribution in [0.5, 0.6) is 11.5 Å². The number of aliphatic hydroxyl groups is 1. The summed E-state index contributed by atoms with van der Waals surface area (Å²) >= 11 is 0. The molecule has 0 bridgehead atoms. The van der Waals surface area contributed by atoms with E-state index in [0.717, 1.165) is 0 Å². The Bertz CT molecular complexity index is 516. The molecule has 23 heavy (non-hydrogen) atoms. The second-order valence-electron chi connectivity index (χ2n) is 3.70. The summed E-state index contributed by atoms with van der Waals surface area (Å²) in [7, 11) is 0. The molecule has 0 heterocycles. The number of phenols is 2. The third-order valence-electron chi connectivity index (χ3n) is 2.16. The first-order valence-corrected chi connectivity index (χ1v) is 6.26. The Balaban J connectivity index is 0. The SMILES string of the molecule is CCO.OOO.Oc1ccccc1C=Nc1ccccc1O.[Mo]. The molecule has 126 valence electrons. The Hall–Kier alpha value is -1.76. The van der Waals surface area contributed by atoms with Gasteiger partial charge in [0.2, 0.25) is 0 Å². The van der Waals surface area contributed by atoms with Gasteiger partial charge < -0.3 is 15.3 Å². The number of benzene rings is 2. The quantitative estimate of drug-likeness (QED) is 0.227. The van der Waals surface area contributed by atoms with Gasteiger partial charge in [0.15, 0.2) is 0 Å². The molecular weight excluding hydrogens is 386 g/mol. The van der Waals surface area contributed by atoms with Gasteiger partial charge in [0.25, 0.3) is 0 Å². The standard InChI is InChI=1S/C13H11NO2.C2H6O.Mo.H2O3/c15-12-7-3-1-5-10(12)9-14-11-6-2-4-8-13(11)16;1-2-3;;1-3-2/h1-9,15-16H;3H,2H2,1H3;;1-2H. The number of aromatic hydroxyl groups is 2. The van der Waals surface area contributed by atoms with E-state index in [2.05, 4.69) is 10.0 Å². The molecule has 0 saturated heterocycles. The number of phenolic OH excluding ortho intramolecular Hbond substituents is 2. The molecule has 0 fully saturated rings. The monoisotopic (exact) mass is 407 g/mol. The van der Waals surface area contributed by atoms with Crippen LogP contribution in [-0.2, 0) is 26.1 Å². The van der Waals surface area contributed by atoms with Crippen molar-refractivity contribution in [2.75, 3.05) is 6.61 Å². The molecule has 0 radical (unpaired) electrons. The average Bonchev–Trinajstić information content (AvgIpc) is 2.50. The van der Waals surface area contributed by atoms with E-state index in [9.17, 15) is 10.2 Å². The van der Waals surface area contributed by atoms with Gasteiger partial charge >= 0.3 is 0 Å². The molecule has 0 saturated carbocycles. The van der Waals surface area contributed by atoms with E-state index in [1.54, 1.807) is 49.4 Å². The van der Waals surface area contributed by atoms with Crippen molar-refractivity contribution >= 4 is 11.9 Å². The van der Waals surface area contributed by atoms with Crippen LogP contribution in [0.4, 0.5) is 5.69 Å². The van der Waals surface area contributed by atoms with Crippen molar-refractivity contribution in [1.29, 1.82) is 0 Å². The van der Waals surface area contributed by atoms with Crippen molar-refractivity contribution in [2.24, 2.45) is 4.99 Å². The molecule has 2 aromatic carbocycles. The smallest absolute Gasteiger partial charge is 0.141 e. The second-order valence-corrected chi connectivity index (χ2v) is 3.70. The fourth-order valence-electron chi connectivity index (χ4n) is 1.31. The molecule has 0 aromatic heterocycles. The maximum Gasteiger partial charge on any atom is 0.141 e. The first-order chi connectivity index (χ1) is 10.6. The van der Waals surface area contributed by atoms with Crippen molar-refractivity contribution in [3.63, 3.8) is 0 Å². The Kier molecular flexibility index (Phi) is 15.5. The minimum Gasteiger partial charge on any atom is -0.507 e. The molecule has 7 nitrogen and oxygen atoms in total. The molecule has 0 aliphatic carbocycles. The predicted octanol–water partition coefficient (Wildman–Crippen LogP) is 2.79. The maximum absolute atomic E-state index is 9.50. The van der Waals surface area contributed by atoms with Crippen LogP contribution in [0.3, 0.4) is 0 Å². The number of aliphatic imine (C=N–C) groups is 1. The number of hydrogen-bond acceptors (Lipinski definition) is 7. The van der Waals surface area contributed by atoms with Crippen molar-refractivity contribution in [2.45, 2.75) is 6.92 Å². The number of hydrogen-bond donors (Lipinski definition) is 5. The summed E-state index contributed by atoms with van der Waals surface area (Å²) in [6.07, 6.45) is 1.52. The number of rotatable bonds is 2. The minimum absolute atomic E-state index is 0. The van der Waals surface area contributed by atoms with Gasteiger partial charge in [-0.1, -0.05) is 29.3 Å². The van der Waals surface area contributed by atoms with Gasteiger partial charge in [-0.2, -0.15) is 0 Å². The summed E-state index contributed by atoms with van der Waals surface area (Å²) < 4.78 is 0. The van der Waals surface area contributed by atoms with Crippen LogP contribution in [-0.4, -0.2) is 38.7 Å². The van der Waals surface area contributed by atoms with E-state index in [1.807, 2.05) is 6.07 Å². The first-order valence-electron chi connectivity index (χ1n) is 6.26. The molecule has 0 amide bonds. The normalized spacial score (nSPS) is 9.04. The van der Waals surface area contributed by atoms with E-state index < -0.39 is 0 Å². The first kappa shape index (κ1) is 23.5. The minimum atomic E-state index is 0. The fourth-order valence-corrected chi connectivity index (χ4v) is 1.31. The largest absolute Gasteiger partial charge is 0.507 e. The number of para-hydroxylation sites is 3. The molecule has 8 heteroatoms.